The van der Waals surface area contributed by atoms with Crippen molar-refractivity contribution < 1.29 is 4.74 Å². The smallest absolute Gasteiger partial charge is 0.245 e. The highest BCUT2D eigenvalue weighted by Gasteiger charge is 2.22. The Morgan fingerprint density at radius 3 is 2.89 bits per heavy atom. The summed E-state index contributed by atoms with van der Waals surface area (Å²) in [4.78, 5) is 13.1. The molecule has 2 aromatic rings. The summed E-state index contributed by atoms with van der Waals surface area (Å²) in [7, 11) is 1.61. The molecule has 0 spiro atoms. The van der Waals surface area contributed by atoms with Crippen molar-refractivity contribution in [1.82, 2.24) is 19.5 Å². The molecule has 1 saturated carbocycles. The number of imidazole rings is 1. The molecule has 0 amide bonds. The molecule has 0 atom stereocenters. The van der Waals surface area contributed by atoms with Gasteiger partial charge in [0.1, 0.15) is 12.2 Å². The maximum atomic E-state index is 5.87. The van der Waals surface area contributed by atoms with Crippen LogP contribution in [0.5, 0.6) is 5.88 Å². The van der Waals surface area contributed by atoms with Crippen LogP contribution in [0, 0.1) is 5.92 Å². The van der Waals surface area contributed by atoms with E-state index in [1.807, 2.05) is 0 Å². The molecule has 102 valence electrons. The molecule has 0 bridgehead atoms. The Morgan fingerprint density at radius 2 is 2.26 bits per heavy atom. The monoisotopic (exact) mass is 280 g/mol. The van der Waals surface area contributed by atoms with Gasteiger partial charge in [0.2, 0.25) is 5.88 Å². The fraction of sp³-hybridized carbons (Fsp3) is 0.615. The first-order valence-corrected chi connectivity index (χ1v) is 7.17. The van der Waals surface area contributed by atoms with Crippen molar-refractivity contribution in [2.75, 3.05) is 13.0 Å². The van der Waals surface area contributed by atoms with E-state index in [0.717, 1.165) is 35.9 Å². The number of alkyl halides is 1. The van der Waals surface area contributed by atoms with Crippen molar-refractivity contribution >= 4 is 22.8 Å². The van der Waals surface area contributed by atoms with E-state index in [-0.39, 0.29) is 0 Å². The maximum Gasteiger partial charge on any atom is 0.245 e. The molecule has 0 aliphatic heterocycles. The van der Waals surface area contributed by atoms with Gasteiger partial charge >= 0.3 is 0 Å². The molecule has 3 rings (SSSR count). The summed E-state index contributed by atoms with van der Waals surface area (Å²) < 4.78 is 7.45. The number of aromatic nitrogens is 4. The van der Waals surface area contributed by atoms with Gasteiger partial charge in [0.15, 0.2) is 11.2 Å². The maximum absolute atomic E-state index is 5.87. The Balaban J connectivity index is 2.06. The molecule has 0 N–H and O–H groups in total. The highest BCUT2D eigenvalue weighted by molar-refractivity contribution is 6.17. The van der Waals surface area contributed by atoms with Gasteiger partial charge in [-0.2, -0.15) is 4.98 Å². The predicted molar refractivity (Wildman–Crippen MR) is 73.6 cm³/mol. The third-order valence-electron chi connectivity index (χ3n) is 3.75. The van der Waals surface area contributed by atoms with Gasteiger partial charge < -0.3 is 9.30 Å². The minimum Gasteiger partial charge on any atom is -0.479 e. The molecular weight excluding hydrogens is 264 g/mol. The summed E-state index contributed by atoms with van der Waals surface area (Å²) in [6.45, 7) is 0.975. The Morgan fingerprint density at radius 1 is 1.42 bits per heavy atom. The molecule has 5 nitrogen and oxygen atoms in total. The molecule has 0 radical (unpaired) electrons. The third kappa shape index (κ3) is 2.27. The lowest BCUT2D eigenvalue weighted by Gasteiger charge is -2.26. The van der Waals surface area contributed by atoms with Crippen LogP contribution in [-0.4, -0.2) is 32.5 Å². The molecule has 0 unspecified atom stereocenters. The van der Waals surface area contributed by atoms with Crippen molar-refractivity contribution in [2.24, 2.45) is 5.92 Å². The number of halogens is 1. The molecule has 6 heteroatoms. The topological polar surface area (TPSA) is 52.8 Å². The first kappa shape index (κ1) is 12.7. The lowest BCUT2D eigenvalue weighted by molar-refractivity contribution is 0.276. The Labute approximate surface area is 117 Å². The van der Waals surface area contributed by atoms with Gasteiger partial charge in [0.05, 0.1) is 7.11 Å². The third-order valence-corrected chi connectivity index (χ3v) is 3.94. The average Bonchev–Trinajstić information content (AvgIpc) is 2.72. The number of aryl methyl sites for hydroxylation is 1. The van der Waals surface area contributed by atoms with Crippen LogP contribution in [0.2, 0.25) is 0 Å². The van der Waals surface area contributed by atoms with Gasteiger partial charge in [-0.15, -0.1) is 11.6 Å². The number of nitrogens with zero attached hydrogens (tertiary/aromatic N) is 4. The van der Waals surface area contributed by atoms with Gasteiger partial charge in [-0.3, -0.25) is 0 Å². The van der Waals surface area contributed by atoms with Crippen molar-refractivity contribution in [3.8, 4) is 5.88 Å². The van der Waals surface area contributed by atoms with E-state index < -0.39 is 0 Å². The highest BCUT2D eigenvalue weighted by atomic mass is 35.5. The van der Waals surface area contributed by atoms with Crippen molar-refractivity contribution in [2.45, 2.75) is 32.2 Å². The van der Waals surface area contributed by atoms with Gasteiger partial charge in [-0.1, -0.05) is 6.42 Å². The molecule has 19 heavy (non-hydrogen) atoms. The number of hydrogen-bond acceptors (Lipinski definition) is 4. The standard InChI is InChI=1S/C13H17ClN4O/c1-19-13-11-12(15-8-16-13)18(7-9-3-2-4-9)10(17-11)5-6-14/h8-9H,2-7H2,1H3. The zero-order valence-electron chi connectivity index (χ0n) is 11.0. The van der Waals surface area contributed by atoms with Crippen LogP contribution in [0.1, 0.15) is 25.1 Å². The Kier molecular flexibility index (Phi) is 3.55. The SMILES string of the molecule is COc1ncnc2c1nc(CCCl)n2CC1CCC1. The molecule has 2 heterocycles. The molecule has 1 fully saturated rings. The van der Waals surface area contributed by atoms with Crippen LogP contribution in [0.4, 0.5) is 0 Å². The van der Waals surface area contributed by atoms with Gasteiger partial charge in [0.25, 0.3) is 0 Å². The first-order valence-electron chi connectivity index (χ1n) is 6.63. The molecule has 0 saturated heterocycles. The second-order valence-electron chi connectivity index (χ2n) is 4.93. The van der Waals surface area contributed by atoms with Crippen LogP contribution >= 0.6 is 11.6 Å². The zero-order valence-corrected chi connectivity index (χ0v) is 11.7. The van der Waals surface area contributed by atoms with Crippen molar-refractivity contribution in [3.63, 3.8) is 0 Å². The van der Waals surface area contributed by atoms with Crippen LogP contribution in [0.15, 0.2) is 6.33 Å². The van der Waals surface area contributed by atoms with E-state index in [9.17, 15) is 0 Å². The Hall–Kier alpha value is -1.36. The normalized spacial score (nSPS) is 15.7. The second-order valence-corrected chi connectivity index (χ2v) is 5.31. The van der Waals surface area contributed by atoms with Crippen molar-refractivity contribution in [1.29, 1.82) is 0 Å². The van der Waals surface area contributed by atoms with Crippen molar-refractivity contribution in [3.05, 3.63) is 12.2 Å². The van der Waals surface area contributed by atoms with E-state index in [1.165, 1.54) is 25.6 Å². The Bertz CT molecular complexity index is 579. The van der Waals surface area contributed by atoms with Gasteiger partial charge in [0, 0.05) is 18.8 Å². The van der Waals surface area contributed by atoms with E-state index in [4.69, 9.17) is 16.3 Å². The minimum absolute atomic E-state index is 0.535. The van der Waals surface area contributed by atoms with E-state index in [2.05, 4.69) is 19.5 Å². The van der Waals surface area contributed by atoms with E-state index >= 15 is 0 Å². The second kappa shape index (κ2) is 5.33. The number of hydrogen-bond donors (Lipinski definition) is 0. The van der Waals surface area contributed by atoms with Crippen LogP contribution < -0.4 is 4.74 Å². The van der Waals surface area contributed by atoms with Crippen LogP contribution in [-0.2, 0) is 13.0 Å². The lowest BCUT2D eigenvalue weighted by atomic mass is 9.85. The van der Waals surface area contributed by atoms with Gasteiger partial charge in [-0.05, 0) is 18.8 Å². The number of fused-ring (bicyclic) bond motifs is 1. The summed E-state index contributed by atoms with van der Waals surface area (Å²) in [6, 6.07) is 0. The van der Waals surface area contributed by atoms with E-state index in [0.29, 0.717) is 11.8 Å². The minimum atomic E-state index is 0.535. The number of rotatable bonds is 5. The molecule has 2 aromatic heterocycles. The average molecular weight is 281 g/mol. The molecular formula is C13H17ClN4O. The van der Waals surface area contributed by atoms with Crippen LogP contribution in [0.25, 0.3) is 11.2 Å². The summed E-state index contributed by atoms with van der Waals surface area (Å²) in [5.74, 6) is 2.82. The van der Waals surface area contributed by atoms with E-state index in [1.54, 1.807) is 7.11 Å². The summed E-state index contributed by atoms with van der Waals surface area (Å²) in [5.41, 5.74) is 1.60. The highest BCUT2D eigenvalue weighted by Crippen LogP contribution is 2.30. The summed E-state index contributed by atoms with van der Waals surface area (Å²) in [6.07, 6.45) is 6.20. The summed E-state index contributed by atoms with van der Waals surface area (Å²) in [5, 5.41) is 0. The lowest BCUT2D eigenvalue weighted by Crippen LogP contribution is -2.19. The van der Waals surface area contributed by atoms with Gasteiger partial charge in [-0.25, -0.2) is 9.97 Å². The largest absolute Gasteiger partial charge is 0.479 e. The van der Waals surface area contributed by atoms with Crippen LogP contribution in [0.3, 0.4) is 0 Å². The number of methoxy groups -OCH3 is 1. The summed E-state index contributed by atoms with van der Waals surface area (Å²) >= 11 is 5.87. The zero-order chi connectivity index (χ0) is 13.2. The quantitative estimate of drug-likeness (QED) is 0.789. The molecule has 1 aliphatic rings. The number of ether oxygens (including phenoxy) is 1. The first-order chi connectivity index (χ1) is 9.33. The fourth-order valence-electron chi connectivity index (χ4n) is 2.51. The fourth-order valence-corrected chi connectivity index (χ4v) is 2.68. The molecule has 1 aliphatic carbocycles. The predicted octanol–water partition coefficient (Wildman–Crippen LogP) is 2.42. The molecule has 0 aromatic carbocycles.